The lowest BCUT2D eigenvalue weighted by molar-refractivity contribution is -0.139. The van der Waals surface area contributed by atoms with Gasteiger partial charge >= 0.3 is 0 Å². The third-order valence-electron chi connectivity index (χ3n) is 5.48. The second kappa shape index (κ2) is 8.76. The minimum Gasteiger partial charge on any atom is -0.370 e. The highest BCUT2D eigenvalue weighted by Gasteiger charge is 2.31. The van der Waals surface area contributed by atoms with Gasteiger partial charge in [0, 0.05) is 37.3 Å². The molecule has 0 aliphatic carbocycles. The number of rotatable bonds is 5. The Hall–Kier alpha value is -2.78. The first-order valence-electron chi connectivity index (χ1n) is 10.4. The zero-order valence-electron chi connectivity index (χ0n) is 18.3. The van der Waals surface area contributed by atoms with E-state index in [4.69, 9.17) is 4.74 Å². The van der Waals surface area contributed by atoms with E-state index in [0.717, 1.165) is 21.5 Å². The van der Waals surface area contributed by atoms with Gasteiger partial charge in [-0.1, -0.05) is 18.2 Å². The molecule has 4 rings (SSSR count). The topological polar surface area (TPSA) is 80.6 Å². The molecule has 8 nitrogen and oxygen atoms in total. The third-order valence-corrected chi connectivity index (χ3v) is 6.65. The van der Waals surface area contributed by atoms with Crippen molar-refractivity contribution in [1.29, 1.82) is 0 Å². The number of aromatic nitrogens is 3. The van der Waals surface area contributed by atoms with Crippen LogP contribution in [0.4, 0.5) is 0 Å². The molecule has 164 valence electrons. The molecule has 1 fully saturated rings. The number of thiophene rings is 1. The Morgan fingerprint density at radius 3 is 2.74 bits per heavy atom. The number of carbonyl (C=O) groups is 2. The van der Waals surface area contributed by atoms with Crippen molar-refractivity contribution in [2.24, 2.45) is 0 Å². The Morgan fingerprint density at radius 2 is 2.03 bits per heavy atom. The summed E-state index contributed by atoms with van der Waals surface area (Å²) >= 11 is 1.48. The summed E-state index contributed by atoms with van der Waals surface area (Å²) in [6, 6.07) is 7.98. The summed E-state index contributed by atoms with van der Waals surface area (Å²) in [6.45, 7) is 5.65. The van der Waals surface area contributed by atoms with Crippen LogP contribution in [0, 0.1) is 13.8 Å². The van der Waals surface area contributed by atoms with Crippen LogP contribution in [-0.2, 0) is 16.1 Å². The van der Waals surface area contributed by atoms with Crippen LogP contribution in [0.2, 0.25) is 0 Å². The number of aryl methyl sites for hydroxylation is 3. The summed E-state index contributed by atoms with van der Waals surface area (Å²) in [5.74, 6) is 1.53. The summed E-state index contributed by atoms with van der Waals surface area (Å²) in [4.78, 5) is 34.2. The van der Waals surface area contributed by atoms with E-state index in [-0.39, 0.29) is 17.9 Å². The van der Waals surface area contributed by atoms with Crippen LogP contribution < -0.4 is 0 Å². The van der Waals surface area contributed by atoms with Crippen molar-refractivity contribution in [2.45, 2.75) is 32.9 Å². The number of amides is 2. The smallest absolute Gasteiger partial charge is 0.263 e. The van der Waals surface area contributed by atoms with Gasteiger partial charge in [-0.05, 0) is 25.3 Å². The summed E-state index contributed by atoms with van der Waals surface area (Å²) in [5, 5.41) is 5.35. The lowest BCUT2D eigenvalue weighted by atomic mass is 10.0. The maximum Gasteiger partial charge on any atom is 0.263 e. The number of hydrogen-bond donors (Lipinski definition) is 0. The van der Waals surface area contributed by atoms with Gasteiger partial charge in [-0.3, -0.25) is 9.59 Å². The van der Waals surface area contributed by atoms with Crippen molar-refractivity contribution in [3.8, 4) is 0 Å². The molecule has 1 atom stereocenters. The third kappa shape index (κ3) is 4.33. The van der Waals surface area contributed by atoms with Crippen LogP contribution >= 0.6 is 11.3 Å². The Morgan fingerprint density at radius 1 is 1.26 bits per heavy atom. The molecule has 2 amide bonds. The fourth-order valence-electron chi connectivity index (χ4n) is 3.93. The number of carbonyl (C=O) groups excluding carboxylic acids is 2. The molecule has 3 aromatic rings. The van der Waals surface area contributed by atoms with Crippen molar-refractivity contribution >= 4 is 33.2 Å². The minimum atomic E-state index is -0.330. The maximum atomic E-state index is 12.9. The first-order valence-corrected chi connectivity index (χ1v) is 11.2. The Balaban J connectivity index is 1.55. The molecule has 9 heteroatoms. The molecule has 2 aromatic heterocycles. The predicted molar refractivity (Wildman–Crippen MR) is 119 cm³/mol. The van der Waals surface area contributed by atoms with Crippen molar-refractivity contribution in [1.82, 2.24) is 24.6 Å². The van der Waals surface area contributed by atoms with Crippen molar-refractivity contribution in [3.63, 3.8) is 0 Å². The van der Waals surface area contributed by atoms with E-state index in [9.17, 15) is 9.59 Å². The molecule has 0 bridgehead atoms. The van der Waals surface area contributed by atoms with E-state index in [2.05, 4.69) is 10.1 Å². The average Bonchev–Trinajstić information content (AvgIpc) is 3.30. The van der Waals surface area contributed by atoms with Crippen molar-refractivity contribution in [2.75, 3.05) is 33.8 Å². The van der Waals surface area contributed by atoms with Gasteiger partial charge in [-0.15, -0.1) is 11.3 Å². The molecule has 1 aromatic carbocycles. The quantitative estimate of drug-likeness (QED) is 0.608. The molecule has 0 N–H and O–H groups in total. The Labute approximate surface area is 185 Å². The molecule has 1 saturated heterocycles. The summed E-state index contributed by atoms with van der Waals surface area (Å²) in [7, 11) is 3.50. The van der Waals surface area contributed by atoms with Crippen LogP contribution in [0.5, 0.6) is 0 Å². The van der Waals surface area contributed by atoms with E-state index in [1.165, 1.54) is 11.3 Å². The number of fused-ring (bicyclic) bond motifs is 1. The van der Waals surface area contributed by atoms with Gasteiger partial charge in [0.2, 0.25) is 5.91 Å². The lowest BCUT2D eigenvalue weighted by Crippen LogP contribution is -2.43. The standard InChI is InChI=1S/C22H27N5O3S/c1-14-23-15(2)27(24-14)10-9-19(28)26-11-12-30-17(13-26)20-16-7-5-6-8-18(16)31-21(20)22(29)25(3)4/h5-8,17H,9-13H2,1-4H3. The second-order valence-electron chi connectivity index (χ2n) is 7.92. The highest BCUT2D eigenvalue weighted by molar-refractivity contribution is 7.21. The molecule has 0 radical (unpaired) electrons. The van der Waals surface area contributed by atoms with Crippen LogP contribution in [0.25, 0.3) is 10.1 Å². The summed E-state index contributed by atoms with van der Waals surface area (Å²) in [6.07, 6.45) is 0.0210. The van der Waals surface area contributed by atoms with E-state index >= 15 is 0 Å². The summed E-state index contributed by atoms with van der Waals surface area (Å²) < 4.78 is 8.90. The van der Waals surface area contributed by atoms with Gasteiger partial charge < -0.3 is 14.5 Å². The van der Waals surface area contributed by atoms with Crippen LogP contribution in [0.15, 0.2) is 24.3 Å². The van der Waals surface area contributed by atoms with Crippen LogP contribution in [0.3, 0.4) is 0 Å². The van der Waals surface area contributed by atoms with E-state index < -0.39 is 0 Å². The minimum absolute atomic E-state index is 0.0414. The van der Waals surface area contributed by atoms with Gasteiger partial charge in [0.1, 0.15) is 17.8 Å². The highest BCUT2D eigenvalue weighted by atomic mass is 32.1. The molecule has 1 aliphatic heterocycles. The van der Waals surface area contributed by atoms with Crippen molar-refractivity contribution < 1.29 is 14.3 Å². The molecular weight excluding hydrogens is 414 g/mol. The maximum absolute atomic E-state index is 12.9. The predicted octanol–water partition coefficient (Wildman–Crippen LogP) is 2.80. The normalized spacial score (nSPS) is 16.6. The van der Waals surface area contributed by atoms with Gasteiger partial charge in [0.15, 0.2) is 0 Å². The largest absolute Gasteiger partial charge is 0.370 e. The lowest BCUT2D eigenvalue weighted by Gasteiger charge is -2.33. The van der Waals surface area contributed by atoms with Gasteiger partial charge in [0.25, 0.3) is 5.91 Å². The van der Waals surface area contributed by atoms with Crippen LogP contribution in [0.1, 0.15) is 39.4 Å². The van der Waals surface area contributed by atoms with E-state index in [0.29, 0.717) is 43.4 Å². The zero-order chi connectivity index (χ0) is 22.1. The highest BCUT2D eigenvalue weighted by Crippen LogP contribution is 2.38. The van der Waals surface area contributed by atoms with E-state index in [1.54, 1.807) is 23.7 Å². The molecule has 1 aliphatic rings. The van der Waals surface area contributed by atoms with Gasteiger partial charge in [-0.25, -0.2) is 9.67 Å². The first kappa shape index (κ1) is 21.5. The molecular formula is C22H27N5O3S. The monoisotopic (exact) mass is 441 g/mol. The van der Waals surface area contributed by atoms with Gasteiger partial charge in [-0.2, -0.15) is 5.10 Å². The number of benzene rings is 1. The number of ether oxygens (including phenoxy) is 1. The number of morpholine rings is 1. The van der Waals surface area contributed by atoms with Crippen LogP contribution in [-0.4, -0.2) is 70.2 Å². The van der Waals surface area contributed by atoms with E-state index in [1.807, 2.05) is 43.0 Å². The molecule has 0 saturated carbocycles. The first-order chi connectivity index (χ1) is 14.8. The fourth-order valence-corrected chi connectivity index (χ4v) is 5.21. The van der Waals surface area contributed by atoms with Crippen molar-refractivity contribution in [3.05, 3.63) is 46.4 Å². The Bertz CT molecular complexity index is 1120. The average molecular weight is 442 g/mol. The molecule has 1 unspecified atom stereocenters. The number of nitrogens with zero attached hydrogens (tertiary/aromatic N) is 5. The summed E-state index contributed by atoms with van der Waals surface area (Å²) in [5.41, 5.74) is 0.888. The Kier molecular flexibility index (Phi) is 6.06. The fraction of sp³-hybridized carbons (Fsp3) is 0.455. The second-order valence-corrected chi connectivity index (χ2v) is 8.97. The zero-order valence-corrected chi connectivity index (χ0v) is 19.1. The molecule has 0 spiro atoms. The molecule has 31 heavy (non-hydrogen) atoms. The number of hydrogen-bond acceptors (Lipinski definition) is 6. The molecule has 3 heterocycles. The van der Waals surface area contributed by atoms with Gasteiger partial charge in [0.05, 0.1) is 24.6 Å². The SMILES string of the molecule is Cc1nc(C)n(CCC(=O)N2CCOC(c3c(C(=O)N(C)C)sc4ccccc34)C2)n1.